The van der Waals surface area contributed by atoms with Crippen LogP contribution in [-0.2, 0) is 4.79 Å². The molecule has 0 aromatic carbocycles. The van der Waals surface area contributed by atoms with E-state index in [9.17, 15) is 4.79 Å². The highest BCUT2D eigenvalue weighted by Gasteiger charge is 2.29. The maximum Gasteiger partial charge on any atom is 0.224 e. The molecule has 0 saturated carbocycles. The summed E-state index contributed by atoms with van der Waals surface area (Å²) in [6.45, 7) is 10.4. The Bertz CT molecular complexity index is 218. The van der Waals surface area contributed by atoms with E-state index < -0.39 is 0 Å². The molecule has 0 spiro atoms. The fourth-order valence-electron chi connectivity index (χ4n) is 2.45. The first-order chi connectivity index (χ1) is 7.04. The predicted octanol–water partition coefficient (Wildman–Crippen LogP) is 1.63. The van der Waals surface area contributed by atoms with Gasteiger partial charge in [-0.2, -0.15) is 0 Å². The molecule has 15 heavy (non-hydrogen) atoms. The van der Waals surface area contributed by atoms with Gasteiger partial charge in [0.25, 0.3) is 0 Å². The number of carbonyl (C=O) groups is 1. The zero-order valence-electron chi connectivity index (χ0n) is 10.4. The molecular formula is C12H24N2O. The zero-order valence-corrected chi connectivity index (χ0v) is 10.4. The van der Waals surface area contributed by atoms with Crippen LogP contribution in [0.1, 0.15) is 40.5 Å². The minimum Gasteiger partial charge on any atom is -0.340 e. The van der Waals surface area contributed by atoms with Gasteiger partial charge in [-0.05, 0) is 32.7 Å². The van der Waals surface area contributed by atoms with E-state index >= 15 is 0 Å². The molecule has 1 saturated heterocycles. The molecule has 1 N–H and O–H groups in total. The van der Waals surface area contributed by atoms with Crippen molar-refractivity contribution < 1.29 is 4.79 Å². The Hall–Kier alpha value is -0.570. The van der Waals surface area contributed by atoms with E-state index in [1.165, 1.54) is 0 Å². The summed E-state index contributed by atoms with van der Waals surface area (Å²) in [6.07, 6.45) is 1.78. The van der Waals surface area contributed by atoms with Crippen LogP contribution in [0.2, 0.25) is 0 Å². The second-order valence-corrected chi connectivity index (χ2v) is 4.90. The normalized spacial score (nSPS) is 28.1. The van der Waals surface area contributed by atoms with Gasteiger partial charge in [0.1, 0.15) is 0 Å². The second-order valence-electron chi connectivity index (χ2n) is 4.90. The van der Waals surface area contributed by atoms with Crippen LogP contribution in [0.3, 0.4) is 0 Å². The molecule has 0 aromatic heterocycles. The van der Waals surface area contributed by atoms with Crippen LogP contribution < -0.4 is 5.32 Å². The summed E-state index contributed by atoms with van der Waals surface area (Å²) in [4.78, 5) is 14.0. The van der Waals surface area contributed by atoms with Crippen molar-refractivity contribution in [2.45, 2.75) is 52.6 Å². The van der Waals surface area contributed by atoms with Crippen molar-refractivity contribution in [3.63, 3.8) is 0 Å². The van der Waals surface area contributed by atoms with E-state index in [1.807, 2.05) is 4.90 Å². The van der Waals surface area contributed by atoms with Gasteiger partial charge in [-0.1, -0.05) is 13.8 Å². The minimum atomic E-state index is 0.297. The van der Waals surface area contributed by atoms with Crippen LogP contribution in [0.4, 0.5) is 0 Å². The molecule has 1 fully saturated rings. The van der Waals surface area contributed by atoms with Crippen LogP contribution >= 0.6 is 0 Å². The lowest BCUT2D eigenvalue weighted by Crippen LogP contribution is -2.38. The molecule has 3 heteroatoms. The molecule has 88 valence electrons. The fourth-order valence-corrected chi connectivity index (χ4v) is 2.45. The molecule has 1 aliphatic heterocycles. The SMILES string of the molecule is CCNC(C)CC(=O)N1CC(C)CC1C. The smallest absolute Gasteiger partial charge is 0.224 e. The van der Waals surface area contributed by atoms with Crippen LogP contribution in [0.15, 0.2) is 0 Å². The molecule has 3 unspecified atom stereocenters. The van der Waals surface area contributed by atoms with E-state index in [4.69, 9.17) is 0 Å². The molecule has 0 radical (unpaired) electrons. The van der Waals surface area contributed by atoms with Crippen molar-refractivity contribution in [3.05, 3.63) is 0 Å². The summed E-state index contributed by atoms with van der Waals surface area (Å²) >= 11 is 0. The van der Waals surface area contributed by atoms with Crippen molar-refractivity contribution in [1.82, 2.24) is 10.2 Å². The molecule has 0 aromatic rings. The van der Waals surface area contributed by atoms with E-state index in [0.29, 0.717) is 30.3 Å². The Morgan fingerprint density at radius 2 is 2.20 bits per heavy atom. The van der Waals surface area contributed by atoms with E-state index in [-0.39, 0.29) is 0 Å². The second kappa shape index (κ2) is 5.50. The van der Waals surface area contributed by atoms with Crippen molar-refractivity contribution >= 4 is 5.91 Å². The molecule has 1 amide bonds. The summed E-state index contributed by atoms with van der Waals surface area (Å²) in [5.74, 6) is 0.971. The third-order valence-corrected chi connectivity index (χ3v) is 3.14. The Morgan fingerprint density at radius 3 is 2.67 bits per heavy atom. The Morgan fingerprint density at radius 1 is 1.53 bits per heavy atom. The lowest BCUT2D eigenvalue weighted by Gasteiger charge is -2.23. The van der Waals surface area contributed by atoms with E-state index in [1.54, 1.807) is 0 Å². The van der Waals surface area contributed by atoms with E-state index in [0.717, 1.165) is 19.5 Å². The summed E-state index contributed by atoms with van der Waals surface area (Å²) in [5, 5.41) is 3.28. The highest BCUT2D eigenvalue weighted by atomic mass is 16.2. The molecule has 1 aliphatic rings. The van der Waals surface area contributed by atoms with Crippen LogP contribution in [0, 0.1) is 5.92 Å². The number of hydrogen-bond acceptors (Lipinski definition) is 2. The largest absolute Gasteiger partial charge is 0.340 e. The molecular weight excluding hydrogens is 188 g/mol. The fraction of sp³-hybridized carbons (Fsp3) is 0.917. The van der Waals surface area contributed by atoms with Gasteiger partial charge in [0.05, 0.1) is 0 Å². The van der Waals surface area contributed by atoms with Gasteiger partial charge in [0.15, 0.2) is 0 Å². The third kappa shape index (κ3) is 3.49. The maximum atomic E-state index is 12.0. The Kier molecular flexibility index (Phi) is 4.58. The lowest BCUT2D eigenvalue weighted by molar-refractivity contribution is -0.132. The number of amides is 1. The Labute approximate surface area is 93.2 Å². The topological polar surface area (TPSA) is 32.3 Å². The van der Waals surface area contributed by atoms with Crippen molar-refractivity contribution in [2.24, 2.45) is 5.92 Å². The first-order valence-corrected chi connectivity index (χ1v) is 6.07. The summed E-state index contributed by atoms with van der Waals surface area (Å²) < 4.78 is 0. The number of likely N-dealkylation sites (tertiary alicyclic amines) is 1. The standard InChI is InChI=1S/C12H24N2O/c1-5-13-10(3)7-12(15)14-8-9(2)6-11(14)4/h9-11,13H,5-8H2,1-4H3. The molecule has 3 atom stereocenters. The molecule has 0 bridgehead atoms. The van der Waals surface area contributed by atoms with Gasteiger partial charge in [-0.3, -0.25) is 4.79 Å². The summed E-state index contributed by atoms with van der Waals surface area (Å²) in [5.41, 5.74) is 0. The predicted molar refractivity (Wildman–Crippen MR) is 62.7 cm³/mol. The van der Waals surface area contributed by atoms with Gasteiger partial charge >= 0.3 is 0 Å². The van der Waals surface area contributed by atoms with E-state index in [2.05, 4.69) is 33.0 Å². The van der Waals surface area contributed by atoms with Crippen molar-refractivity contribution in [1.29, 1.82) is 0 Å². The van der Waals surface area contributed by atoms with Crippen molar-refractivity contribution in [3.8, 4) is 0 Å². The lowest BCUT2D eigenvalue weighted by atomic mass is 10.1. The third-order valence-electron chi connectivity index (χ3n) is 3.14. The molecule has 1 heterocycles. The first kappa shape index (κ1) is 12.5. The average molecular weight is 212 g/mol. The number of hydrogen-bond donors (Lipinski definition) is 1. The maximum absolute atomic E-state index is 12.0. The minimum absolute atomic E-state index is 0.297. The molecule has 3 nitrogen and oxygen atoms in total. The number of carbonyl (C=O) groups excluding carboxylic acids is 1. The molecule has 1 rings (SSSR count). The first-order valence-electron chi connectivity index (χ1n) is 6.07. The summed E-state index contributed by atoms with van der Waals surface area (Å²) in [6, 6.07) is 0.729. The average Bonchev–Trinajstić information content (AvgIpc) is 2.45. The van der Waals surface area contributed by atoms with Gasteiger partial charge < -0.3 is 10.2 Å². The number of nitrogens with zero attached hydrogens (tertiary/aromatic N) is 1. The van der Waals surface area contributed by atoms with Gasteiger partial charge in [-0.25, -0.2) is 0 Å². The monoisotopic (exact) mass is 212 g/mol. The highest BCUT2D eigenvalue weighted by molar-refractivity contribution is 5.77. The number of rotatable bonds is 4. The van der Waals surface area contributed by atoms with Crippen molar-refractivity contribution in [2.75, 3.05) is 13.1 Å². The molecule has 0 aliphatic carbocycles. The number of nitrogens with one attached hydrogen (secondary N) is 1. The quantitative estimate of drug-likeness (QED) is 0.768. The summed E-state index contributed by atoms with van der Waals surface area (Å²) in [7, 11) is 0. The van der Waals surface area contributed by atoms with Crippen LogP contribution in [-0.4, -0.2) is 36.0 Å². The zero-order chi connectivity index (χ0) is 11.4. The van der Waals surface area contributed by atoms with Crippen LogP contribution in [0.25, 0.3) is 0 Å². The van der Waals surface area contributed by atoms with Gasteiger partial charge in [-0.15, -0.1) is 0 Å². The van der Waals surface area contributed by atoms with Crippen LogP contribution in [0.5, 0.6) is 0 Å². The highest BCUT2D eigenvalue weighted by Crippen LogP contribution is 2.23. The van der Waals surface area contributed by atoms with Gasteiger partial charge in [0.2, 0.25) is 5.91 Å². The van der Waals surface area contributed by atoms with Gasteiger partial charge in [0, 0.05) is 25.0 Å². The Balaban J connectivity index is 2.40.